The molecule has 17 heteroatoms. The molecule has 6 heterocycles. The quantitative estimate of drug-likeness (QED) is 0.250. The van der Waals surface area contributed by atoms with E-state index in [0.717, 1.165) is 24.4 Å². The van der Waals surface area contributed by atoms with Crippen molar-refractivity contribution in [3.05, 3.63) is 52.1 Å². The summed E-state index contributed by atoms with van der Waals surface area (Å²) in [5.74, 6) is 0.824. The van der Waals surface area contributed by atoms with E-state index in [2.05, 4.69) is 25.3 Å². The number of amides is 1. The molecule has 7 rings (SSSR count). The van der Waals surface area contributed by atoms with E-state index >= 15 is 4.39 Å². The van der Waals surface area contributed by atoms with Crippen molar-refractivity contribution in [2.24, 2.45) is 0 Å². The van der Waals surface area contributed by atoms with Gasteiger partial charge in [-0.3, -0.25) is 19.1 Å². The highest BCUT2D eigenvalue weighted by Crippen LogP contribution is 2.27. The first-order chi connectivity index (χ1) is 21.4. The number of halogens is 2. The fraction of sp³-hybridized carbons (Fsp3) is 0.393. The third-order valence-electron chi connectivity index (χ3n) is 7.96. The van der Waals surface area contributed by atoms with Crippen molar-refractivity contribution in [2.75, 3.05) is 76.1 Å². The first-order valence-electron chi connectivity index (χ1n) is 14.4. The van der Waals surface area contributed by atoms with Crippen LogP contribution in [0.2, 0.25) is 0 Å². The minimum Gasteiger partial charge on any atom is -0.484 e. The maximum Gasteiger partial charge on any atom is 0.309 e. The number of benzene rings is 1. The number of anilines is 2. The number of rotatable bonds is 8. The molecule has 14 nitrogen and oxygen atoms in total. The first-order valence-corrected chi connectivity index (χ1v) is 15.2. The fourth-order valence-corrected chi connectivity index (χ4v) is 6.51. The largest absolute Gasteiger partial charge is 0.484 e. The summed E-state index contributed by atoms with van der Waals surface area (Å²) in [5.41, 5.74) is 7.62. The van der Waals surface area contributed by atoms with E-state index in [4.69, 9.17) is 14.9 Å². The van der Waals surface area contributed by atoms with Crippen LogP contribution in [0.5, 0.6) is 5.75 Å². The molecule has 1 amide bonds. The number of ether oxygens (including phenoxy) is 1. The number of nitrogens with zero attached hydrogens (tertiary/aromatic N) is 8. The van der Waals surface area contributed by atoms with Crippen LogP contribution in [0.15, 0.2) is 45.8 Å². The van der Waals surface area contributed by atoms with Crippen LogP contribution in [0.1, 0.15) is 0 Å². The summed E-state index contributed by atoms with van der Waals surface area (Å²) < 4.78 is 29.7. The Morgan fingerprint density at radius 1 is 1.07 bits per heavy atom. The van der Waals surface area contributed by atoms with Gasteiger partial charge in [0.15, 0.2) is 23.7 Å². The van der Waals surface area contributed by atoms with Crippen molar-refractivity contribution in [3.8, 4) is 17.3 Å². The standard InChI is InChI=1S/C28H31FN10O4S.ClH/c29-19-16-18(43-17-22(40)37-7-5-31-6-8-37)3-4-20(19)36-12-9-35(10-13-36)11-14-38-25-23(44-28(38)41)26-32-24(21-2-1-15-42-21)34-39(26)27(30)33-25;/h1-4,15-16,31H,5-14,17H2,(H2,30,33);1H. The van der Waals surface area contributed by atoms with Crippen LogP contribution < -0.4 is 25.6 Å². The molecule has 2 aliphatic rings. The number of nitrogens with two attached hydrogens (primary N) is 1. The fourth-order valence-electron chi connectivity index (χ4n) is 5.57. The molecule has 2 aliphatic heterocycles. The Bertz CT molecular complexity index is 1860. The SMILES string of the molecule is Cl.Nc1nc2c(sc(=O)n2CCN2CCN(c3ccc(OCC(=O)N4CCNCC4)cc3F)CC2)c2nc(-c3ccco3)nn12. The predicted molar refractivity (Wildman–Crippen MR) is 170 cm³/mol. The Labute approximate surface area is 266 Å². The molecule has 0 saturated carbocycles. The maximum absolute atomic E-state index is 15.1. The number of hydrogen-bond donors (Lipinski definition) is 2. The highest BCUT2D eigenvalue weighted by atomic mass is 35.5. The zero-order chi connectivity index (χ0) is 30.2. The summed E-state index contributed by atoms with van der Waals surface area (Å²) in [6, 6.07) is 8.23. The molecule has 0 spiro atoms. The number of piperazine rings is 2. The third kappa shape index (κ3) is 6.18. The van der Waals surface area contributed by atoms with Gasteiger partial charge in [-0.1, -0.05) is 11.3 Å². The van der Waals surface area contributed by atoms with E-state index < -0.39 is 0 Å². The molecule has 0 bridgehead atoms. The number of fused-ring (bicyclic) bond motifs is 3. The second kappa shape index (κ2) is 13.0. The van der Waals surface area contributed by atoms with Gasteiger partial charge >= 0.3 is 4.87 Å². The van der Waals surface area contributed by atoms with Gasteiger partial charge in [0.1, 0.15) is 16.3 Å². The zero-order valence-electron chi connectivity index (χ0n) is 24.2. The van der Waals surface area contributed by atoms with E-state index in [9.17, 15) is 9.59 Å². The van der Waals surface area contributed by atoms with Gasteiger partial charge in [-0.15, -0.1) is 17.5 Å². The summed E-state index contributed by atoms with van der Waals surface area (Å²) in [5, 5.41) is 7.60. The highest BCUT2D eigenvalue weighted by Gasteiger charge is 2.23. The zero-order valence-corrected chi connectivity index (χ0v) is 25.9. The number of furan rings is 1. The summed E-state index contributed by atoms with van der Waals surface area (Å²) in [6.45, 7) is 6.40. The molecular weight excluding hydrogens is 627 g/mol. The highest BCUT2D eigenvalue weighted by molar-refractivity contribution is 7.17. The van der Waals surface area contributed by atoms with Crippen molar-refractivity contribution in [2.45, 2.75) is 6.54 Å². The van der Waals surface area contributed by atoms with Gasteiger partial charge in [0.05, 0.1) is 12.0 Å². The predicted octanol–water partition coefficient (Wildman–Crippen LogP) is 1.54. The number of nitrogen functional groups attached to an aromatic ring is 1. The Morgan fingerprint density at radius 3 is 2.60 bits per heavy atom. The number of aromatic nitrogens is 5. The van der Waals surface area contributed by atoms with E-state index in [-0.39, 0.29) is 41.6 Å². The second-order valence-corrected chi connectivity index (χ2v) is 11.6. The van der Waals surface area contributed by atoms with Crippen LogP contribution in [0.3, 0.4) is 0 Å². The first kappa shape index (κ1) is 30.8. The molecule has 0 aliphatic carbocycles. The lowest BCUT2D eigenvalue weighted by molar-refractivity contribution is -0.133. The smallest absolute Gasteiger partial charge is 0.309 e. The minimum atomic E-state index is -0.388. The van der Waals surface area contributed by atoms with Gasteiger partial charge < -0.3 is 30.0 Å². The molecule has 1 aromatic carbocycles. The Balaban J connectivity index is 0.00000357. The lowest BCUT2D eigenvalue weighted by Gasteiger charge is -2.36. The summed E-state index contributed by atoms with van der Waals surface area (Å²) in [6.07, 6.45) is 1.54. The average molecular weight is 659 g/mol. The Morgan fingerprint density at radius 2 is 1.87 bits per heavy atom. The van der Waals surface area contributed by atoms with Crippen LogP contribution in [0, 0.1) is 5.82 Å². The molecule has 5 aromatic rings. The number of thiazole rings is 1. The van der Waals surface area contributed by atoms with Gasteiger partial charge in [-0.2, -0.15) is 9.50 Å². The van der Waals surface area contributed by atoms with Crippen molar-refractivity contribution >= 4 is 57.3 Å². The van der Waals surface area contributed by atoms with Crippen molar-refractivity contribution in [1.82, 2.24) is 39.3 Å². The molecule has 0 radical (unpaired) electrons. The molecule has 2 saturated heterocycles. The normalized spacial score (nSPS) is 15.9. The minimum absolute atomic E-state index is 0. The van der Waals surface area contributed by atoms with E-state index in [1.165, 1.54) is 16.8 Å². The van der Waals surface area contributed by atoms with Gasteiger partial charge in [0, 0.05) is 71.5 Å². The molecule has 3 N–H and O–H groups in total. The van der Waals surface area contributed by atoms with Gasteiger partial charge in [-0.25, -0.2) is 9.37 Å². The number of hydrogen-bond acceptors (Lipinski definition) is 12. The lowest BCUT2D eigenvalue weighted by Crippen LogP contribution is -2.48. The molecule has 0 atom stereocenters. The van der Waals surface area contributed by atoms with Crippen molar-refractivity contribution in [3.63, 3.8) is 0 Å². The second-order valence-electron chi connectivity index (χ2n) is 10.7. The molecule has 0 unspecified atom stereocenters. The maximum atomic E-state index is 15.1. The van der Waals surface area contributed by atoms with E-state index in [1.807, 2.05) is 4.90 Å². The third-order valence-corrected chi connectivity index (χ3v) is 8.93. The molecule has 238 valence electrons. The van der Waals surface area contributed by atoms with Crippen LogP contribution >= 0.6 is 23.7 Å². The monoisotopic (exact) mass is 658 g/mol. The van der Waals surface area contributed by atoms with Gasteiger partial charge in [-0.05, 0) is 24.3 Å². The van der Waals surface area contributed by atoms with E-state index in [1.54, 1.807) is 33.7 Å². The topological polar surface area (TPSA) is 152 Å². The van der Waals surface area contributed by atoms with Crippen molar-refractivity contribution in [1.29, 1.82) is 0 Å². The Hall–Kier alpha value is -4.25. The Kier molecular flexibility index (Phi) is 8.89. The molecule has 45 heavy (non-hydrogen) atoms. The van der Waals surface area contributed by atoms with Crippen LogP contribution in [0.25, 0.3) is 27.6 Å². The van der Waals surface area contributed by atoms with Crippen molar-refractivity contribution < 1.29 is 18.3 Å². The lowest BCUT2D eigenvalue weighted by atomic mass is 10.2. The van der Waals surface area contributed by atoms with E-state index in [0.29, 0.717) is 91.4 Å². The van der Waals surface area contributed by atoms with Gasteiger partial charge in [0.25, 0.3) is 5.91 Å². The number of carbonyl (C=O) groups excluding carboxylic acids is 1. The average Bonchev–Trinajstić information content (AvgIpc) is 3.79. The molecule has 2 fully saturated rings. The van der Waals surface area contributed by atoms with Crippen LogP contribution in [-0.4, -0.2) is 105 Å². The summed E-state index contributed by atoms with van der Waals surface area (Å²) in [7, 11) is 0. The number of nitrogens with one attached hydrogen (secondary N) is 1. The van der Waals surface area contributed by atoms with Crippen LogP contribution in [-0.2, 0) is 11.3 Å². The number of carbonyl (C=O) groups is 1. The molecular formula is C28H32ClFN10O4S. The summed E-state index contributed by atoms with van der Waals surface area (Å²) in [4.78, 5) is 40.2. The van der Waals surface area contributed by atoms with Crippen LogP contribution in [0.4, 0.5) is 16.0 Å². The summed E-state index contributed by atoms with van der Waals surface area (Å²) >= 11 is 1.06. The molecule has 4 aromatic heterocycles. The van der Waals surface area contributed by atoms with Gasteiger partial charge in [0.2, 0.25) is 11.8 Å².